The molecule has 0 bridgehead atoms. The summed E-state index contributed by atoms with van der Waals surface area (Å²) in [5.41, 5.74) is 9.02. The topological polar surface area (TPSA) is 38.0 Å². The molecule has 1 aliphatic heterocycles. The number of piperidine rings is 1. The van der Waals surface area contributed by atoms with Crippen LogP contribution in [0.2, 0.25) is 0 Å². The van der Waals surface area contributed by atoms with E-state index in [9.17, 15) is 0 Å². The summed E-state index contributed by atoms with van der Waals surface area (Å²) in [7, 11) is 0. The quantitative estimate of drug-likeness (QED) is 0.816. The third-order valence-electron chi connectivity index (χ3n) is 3.66. The van der Waals surface area contributed by atoms with Crippen LogP contribution >= 0.6 is 0 Å². The van der Waals surface area contributed by atoms with E-state index >= 15 is 0 Å². The van der Waals surface area contributed by atoms with Crippen molar-refractivity contribution in [3.8, 4) is 0 Å². The molecule has 0 amide bonds. The minimum atomic E-state index is 0.216. The van der Waals surface area contributed by atoms with E-state index in [0.29, 0.717) is 5.92 Å². The van der Waals surface area contributed by atoms with Gasteiger partial charge in [0.25, 0.3) is 0 Å². The molecule has 1 aromatic carbocycles. The van der Waals surface area contributed by atoms with E-state index in [1.165, 1.54) is 24.0 Å². The second-order valence-electron chi connectivity index (χ2n) is 4.71. The van der Waals surface area contributed by atoms with E-state index in [4.69, 9.17) is 5.73 Å². The highest BCUT2D eigenvalue weighted by Gasteiger charge is 2.21. The summed E-state index contributed by atoms with van der Waals surface area (Å²) >= 11 is 0. The summed E-state index contributed by atoms with van der Waals surface area (Å²) in [6.07, 6.45) is 3.51. The molecule has 1 aromatic rings. The molecule has 0 saturated carbocycles. The molecule has 2 nitrogen and oxygen atoms in total. The molecular formula is C14H22N2. The van der Waals surface area contributed by atoms with Crippen LogP contribution in [0.3, 0.4) is 0 Å². The highest BCUT2D eigenvalue weighted by molar-refractivity contribution is 5.25. The van der Waals surface area contributed by atoms with Crippen molar-refractivity contribution in [3.05, 3.63) is 35.4 Å². The Kier molecular flexibility index (Phi) is 3.97. The van der Waals surface area contributed by atoms with Crippen LogP contribution in [0.1, 0.15) is 36.9 Å². The molecule has 1 atom stereocenters. The van der Waals surface area contributed by atoms with Crippen LogP contribution in [0.15, 0.2) is 24.3 Å². The number of hydrogen-bond acceptors (Lipinski definition) is 2. The zero-order chi connectivity index (χ0) is 11.4. The predicted molar refractivity (Wildman–Crippen MR) is 68.3 cm³/mol. The number of benzene rings is 1. The lowest BCUT2D eigenvalue weighted by Crippen LogP contribution is -2.33. The van der Waals surface area contributed by atoms with Gasteiger partial charge in [-0.3, -0.25) is 0 Å². The molecule has 0 unspecified atom stereocenters. The number of aryl methyl sites for hydroxylation is 1. The predicted octanol–water partition coefficient (Wildman–Crippen LogP) is 2.25. The van der Waals surface area contributed by atoms with E-state index in [-0.39, 0.29) is 6.04 Å². The Hall–Kier alpha value is -0.860. The van der Waals surface area contributed by atoms with Gasteiger partial charge in [-0.15, -0.1) is 0 Å². The van der Waals surface area contributed by atoms with Crippen LogP contribution in [-0.2, 0) is 6.42 Å². The lowest BCUT2D eigenvalue weighted by Gasteiger charge is -2.28. The van der Waals surface area contributed by atoms with Crippen molar-refractivity contribution in [2.45, 2.75) is 32.2 Å². The van der Waals surface area contributed by atoms with E-state index in [2.05, 4.69) is 36.5 Å². The zero-order valence-electron chi connectivity index (χ0n) is 10.1. The van der Waals surface area contributed by atoms with Gasteiger partial charge in [0.15, 0.2) is 0 Å². The molecule has 0 aliphatic carbocycles. The molecule has 0 spiro atoms. The van der Waals surface area contributed by atoms with Crippen LogP contribution < -0.4 is 11.1 Å². The normalized spacial score (nSPS) is 19.6. The molecule has 2 heteroatoms. The van der Waals surface area contributed by atoms with Crippen molar-refractivity contribution in [3.63, 3.8) is 0 Å². The Morgan fingerprint density at radius 1 is 1.25 bits per heavy atom. The summed E-state index contributed by atoms with van der Waals surface area (Å²) < 4.78 is 0. The number of hydrogen-bond donors (Lipinski definition) is 2. The molecule has 0 radical (unpaired) electrons. The minimum Gasteiger partial charge on any atom is -0.324 e. The van der Waals surface area contributed by atoms with Crippen molar-refractivity contribution in [2.24, 2.45) is 11.7 Å². The molecule has 1 fully saturated rings. The first-order valence-electron chi connectivity index (χ1n) is 6.36. The first-order chi connectivity index (χ1) is 7.81. The van der Waals surface area contributed by atoms with Gasteiger partial charge in [-0.05, 0) is 49.4 Å². The Balaban J connectivity index is 2.04. The van der Waals surface area contributed by atoms with E-state index < -0.39 is 0 Å². The third-order valence-corrected chi connectivity index (χ3v) is 3.66. The fraction of sp³-hybridized carbons (Fsp3) is 0.571. The standard InChI is InChI=1S/C14H22N2/c1-2-11-3-5-12(6-4-11)14(15)13-7-9-16-10-8-13/h3-6,13-14,16H,2,7-10,15H2,1H3/t14-/m0/s1. The SMILES string of the molecule is CCc1ccc([C@H](N)C2CCNCC2)cc1. The molecule has 1 aliphatic rings. The van der Waals surface area contributed by atoms with Crippen LogP contribution in [0.5, 0.6) is 0 Å². The van der Waals surface area contributed by atoms with Crippen LogP contribution in [0.25, 0.3) is 0 Å². The van der Waals surface area contributed by atoms with Crippen LogP contribution in [0, 0.1) is 5.92 Å². The van der Waals surface area contributed by atoms with Gasteiger partial charge in [0, 0.05) is 6.04 Å². The molecule has 3 N–H and O–H groups in total. The largest absolute Gasteiger partial charge is 0.324 e. The second kappa shape index (κ2) is 5.46. The number of rotatable bonds is 3. The van der Waals surface area contributed by atoms with E-state index in [1.807, 2.05) is 0 Å². The maximum atomic E-state index is 6.33. The molecule has 2 rings (SSSR count). The zero-order valence-corrected chi connectivity index (χ0v) is 10.1. The van der Waals surface area contributed by atoms with Gasteiger partial charge in [0.1, 0.15) is 0 Å². The summed E-state index contributed by atoms with van der Waals surface area (Å²) in [6, 6.07) is 9.02. The van der Waals surface area contributed by atoms with Gasteiger partial charge >= 0.3 is 0 Å². The number of nitrogens with two attached hydrogens (primary N) is 1. The van der Waals surface area contributed by atoms with Gasteiger partial charge in [-0.1, -0.05) is 31.2 Å². The van der Waals surface area contributed by atoms with Gasteiger partial charge in [0.2, 0.25) is 0 Å². The Bertz CT molecular complexity index is 312. The van der Waals surface area contributed by atoms with Crippen molar-refractivity contribution < 1.29 is 0 Å². The van der Waals surface area contributed by atoms with Gasteiger partial charge in [-0.25, -0.2) is 0 Å². The molecular weight excluding hydrogens is 196 g/mol. The average molecular weight is 218 g/mol. The fourth-order valence-electron chi connectivity index (χ4n) is 2.45. The van der Waals surface area contributed by atoms with Crippen molar-refractivity contribution >= 4 is 0 Å². The first kappa shape index (κ1) is 11.6. The maximum absolute atomic E-state index is 6.33. The molecule has 88 valence electrons. The second-order valence-corrected chi connectivity index (χ2v) is 4.71. The number of nitrogens with one attached hydrogen (secondary N) is 1. The van der Waals surface area contributed by atoms with Crippen molar-refractivity contribution in [2.75, 3.05) is 13.1 Å². The maximum Gasteiger partial charge on any atom is 0.0324 e. The average Bonchev–Trinajstić information content (AvgIpc) is 2.39. The van der Waals surface area contributed by atoms with Gasteiger partial charge < -0.3 is 11.1 Å². The first-order valence-corrected chi connectivity index (χ1v) is 6.36. The monoisotopic (exact) mass is 218 g/mol. The molecule has 1 heterocycles. The van der Waals surface area contributed by atoms with Gasteiger partial charge in [-0.2, -0.15) is 0 Å². The van der Waals surface area contributed by atoms with Crippen molar-refractivity contribution in [1.82, 2.24) is 5.32 Å². The minimum absolute atomic E-state index is 0.216. The summed E-state index contributed by atoms with van der Waals surface area (Å²) in [4.78, 5) is 0. The summed E-state index contributed by atoms with van der Waals surface area (Å²) in [5, 5.41) is 3.38. The van der Waals surface area contributed by atoms with Crippen molar-refractivity contribution in [1.29, 1.82) is 0 Å². The van der Waals surface area contributed by atoms with Crippen LogP contribution in [-0.4, -0.2) is 13.1 Å². The highest BCUT2D eigenvalue weighted by Crippen LogP contribution is 2.26. The Morgan fingerprint density at radius 2 is 1.88 bits per heavy atom. The molecule has 16 heavy (non-hydrogen) atoms. The lowest BCUT2D eigenvalue weighted by molar-refractivity contribution is 0.322. The third kappa shape index (κ3) is 2.63. The Labute approximate surface area is 98.2 Å². The fourth-order valence-corrected chi connectivity index (χ4v) is 2.45. The Morgan fingerprint density at radius 3 is 2.44 bits per heavy atom. The van der Waals surface area contributed by atoms with Gasteiger partial charge in [0.05, 0.1) is 0 Å². The summed E-state index contributed by atoms with van der Waals surface area (Å²) in [5.74, 6) is 0.647. The van der Waals surface area contributed by atoms with Crippen LogP contribution in [0.4, 0.5) is 0 Å². The summed E-state index contributed by atoms with van der Waals surface area (Å²) in [6.45, 7) is 4.42. The molecule has 1 saturated heterocycles. The smallest absolute Gasteiger partial charge is 0.0324 e. The molecule has 0 aromatic heterocycles. The van der Waals surface area contributed by atoms with E-state index in [0.717, 1.165) is 19.5 Å². The highest BCUT2D eigenvalue weighted by atomic mass is 14.9. The lowest BCUT2D eigenvalue weighted by atomic mass is 9.86. The van der Waals surface area contributed by atoms with E-state index in [1.54, 1.807) is 0 Å².